The molecule has 0 radical (unpaired) electrons. The molecular weight excluding hydrogens is 470 g/mol. The second-order valence-corrected chi connectivity index (χ2v) is 8.70. The second-order valence-electron chi connectivity index (χ2n) is 8.70. The zero-order chi connectivity index (χ0) is 24.9. The van der Waals surface area contributed by atoms with E-state index in [-0.39, 0.29) is 55.9 Å². The van der Waals surface area contributed by atoms with Crippen LogP contribution >= 0.6 is 0 Å². The largest absolute Gasteiger partial charge is 0.408 e. The van der Waals surface area contributed by atoms with Gasteiger partial charge in [-0.15, -0.1) is 0 Å². The van der Waals surface area contributed by atoms with E-state index >= 15 is 0 Å². The molecule has 2 aliphatic heterocycles. The van der Waals surface area contributed by atoms with Crippen LogP contribution in [0.25, 0.3) is 10.9 Å². The molecule has 0 saturated carbocycles. The molecule has 0 bridgehead atoms. The zero-order valence-electron chi connectivity index (χ0n) is 18.4. The van der Waals surface area contributed by atoms with E-state index < -0.39 is 30.5 Å². The maximum Gasteiger partial charge on any atom is 0.408 e. The Bertz CT molecular complexity index is 1300. The van der Waals surface area contributed by atoms with E-state index in [1.165, 1.54) is 40.0 Å². The third kappa shape index (κ3) is 4.26. The van der Waals surface area contributed by atoms with Crippen molar-refractivity contribution in [3.05, 3.63) is 47.7 Å². The van der Waals surface area contributed by atoms with Crippen LogP contribution in [0.1, 0.15) is 34.9 Å². The predicted octanol–water partition coefficient (Wildman–Crippen LogP) is 2.34. The number of amides is 2. The molecule has 2 aromatic heterocycles. The van der Waals surface area contributed by atoms with Crippen molar-refractivity contribution in [2.24, 2.45) is 0 Å². The van der Waals surface area contributed by atoms with Crippen LogP contribution in [0.5, 0.6) is 0 Å². The first kappa shape index (κ1) is 23.0. The number of anilines is 1. The van der Waals surface area contributed by atoms with Crippen LogP contribution in [0, 0.1) is 5.82 Å². The number of benzene rings is 1. The zero-order valence-corrected chi connectivity index (χ0v) is 18.4. The highest BCUT2D eigenvalue weighted by Gasteiger charge is 2.47. The summed E-state index contributed by atoms with van der Waals surface area (Å²) in [6, 6.07) is 3.58. The molecule has 184 valence electrons. The van der Waals surface area contributed by atoms with Crippen molar-refractivity contribution in [3.63, 3.8) is 0 Å². The highest BCUT2D eigenvalue weighted by atomic mass is 19.4. The highest BCUT2D eigenvalue weighted by Crippen LogP contribution is 2.35. The number of halogens is 4. The van der Waals surface area contributed by atoms with Crippen molar-refractivity contribution in [1.29, 1.82) is 0 Å². The van der Waals surface area contributed by atoms with E-state index in [0.717, 1.165) is 4.90 Å². The summed E-state index contributed by atoms with van der Waals surface area (Å²) in [4.78, 5) is 35.5. The van der Waals surface area contributed by atoms with Crippen molar-refractivity contribution in [3.8, 4) is 0 Å². The third-order valence-corrected chi connectivity index (χ3v) is 6.43. The second kappa shape index (κ2) is 8.47. The standard InChI is InChI=1S/C22H21F4N7O2/c23-13-3-4-16-14(8-13)19(12-9-31(10-12)20(35)15-5-6-28-21(27)29-15)30-33(16)11-18(34)32-7-1-2-17(32)22(24,25)26/h3-6,8,12,17H,1-2,7,9-11H2,(H2,27,28,29)/t17-/m0/s1. The topological polar surface area (TPSA) is 110 Å². The Morgan fingerprint density at radius 3 is 2.66 bits per heavy atom. The number of carbonyl (C=O) groups is 2. The molecule has 1 aromatic carbocycles. The highest BCUT2D eigenvalue weighted by molar-refractivity contribution is 5.93. The summed E-state index contributed by atoms with van der Waals surface area (Å²) < 4.78 is 55.3. The van der Waals surface area contributed by atoms with Gasteiger partial charge in [0, 0.05) is 37.1 Å². The minimum Gasteiger partial charge on any atom is -0.368 e. The van der Waals surface area contributed by atoms with Crippen LogP contribution in [0.3, 0.4) is 0 Å². The van der Waals surface area contributed by atoms with Gasteiger partial charge in [-0.25, -0.2) is 14.4 Å². The lowest BCUT2D eigenvalue weighted by molar-refractivity contribution is -0.183. The van der Waals surface area contributed by atoms with Crippen molar-refractivity contribution < 1.29 is 27.2 Å². The van der Waals surface area contributed by atoms with Crippen molar-refractivity contribution in [2.45, 2.75) is 37.5 Å². The van der Waals surface area contributed by atoms with Crippen LogP contribution in [0.4, 0.5) is 23.5 Å². The average molecular weight is 491 g/mol. The molecule has 0 unspecified atom stereocenters. The molecule has 0 aliphatic carbocycles. The number of nitrogens with two attached hydrogens (primary N) is 1. The molecule has 2 aliphatic rings. The Balaban J connectivity index is 1.37. The molecule has 3 aromatic rings. The Morgan fingerprint density at radius 2 is 1.94 bits per heavy atom. The van der Waals surface area contributed by atoms with Gasteiger partial charge in [0.1, 0.15) is 24.1 Å². The number of nitrogens with zero attached hydrogens (tertiary/aromatic N) is 6. The minimum atomic E-state index is -4.50. The fraction of sp³-hybridized carbons (Fsp3) is 0.409. The number of hydrogen-bond acceptors (Lipinski definition) is 6. The number of likely N-dealkylation sites (tertiary alicyclic amines) is 2. The van der Waals surface area contributed by atoms with Crippen LogP contribution in [0.15, 0.2) is 30.5 Å². The Kier molecular flexibility index (Phi) is 5.56. The number of hydrogen-bond donors (Lipinski definition) is 1. The molecule has 2 saturated heterocycles. The number of rotatable bonds is 4. The van der Waals surface area contributed by atoms with Gasteiger partial charge in [0.25, 0.3) is 5.91 Å². The fourth-order valence-corrected chi connectivity index (χ4v) is 4.70. The summed E-state index contributed by atoms with van der Waals surface area (Å²) >= 11 is 0. The van der Waals surface area contributed by atoms with Gasteiger partial charge >= 0.3 is 6.18 Å². The predicted molar refractivity (Wildman–Crippen MR) is 116 cm³/mol. The monoisotopic (exact) mass is 491 g/mol. The molecule has 9 nitrogen and oxygen atoms in total. The summed E-state index contributed by atoms with van der Waals surface area (Å²) in [5, 5.41) is 4.92. The maximum atomic E-state index is 14.0. The molecule has 2 amide bonds. The van der Waals surface area contributed by atoms with Crippen LogP contribution in [-0.4, -0.2) is 73.2 Å². The first-order valence-electron chi connectivity index (χ1n) is 11.0. The lowest BCUT2D eigenvalue weighted by Crippen LogP contribution is -2.49. The number of carbonyl (C=O) groups excluding carboxylic acids is 2. The molecule has 2 fully saturated rings. The number of alkyl halides is 3. The van der Waals surface area contributed by atoms with Gasteiger partial charge in [0.2, 0.25) is 11.9 Å². The van der Waals surface area contributed by atoms with Gasteiger partial charge in [0.05, 0.1) is 11.2 Å². The summed E-state index contributed by atoms with van der Waals surface area (Å²) in [5.41, 5.74) is 6.60. The van der Waals surface area contributed by atoms with Crippen LogP contribution in [0.2, 0.25) is 0 Å². The molecule has 4 heterocycles. The summed E-state index contributed by atoms with van der Waals surface area (Å²) in [5.74, 6) is -1.81. The van der Waals surface area contributed by atoms with Gasteiger partial charge in [-0.2, -0.15) is 18.3 Å². The first-order valence-corrected chi connectivity index (χ1v) is 11.0. The molecule has 35 heavy (non-hydrogen) atoms. The summed E-state index contributed by atoms with van der Waals surface area (Å²) in [6.07, 6.45) is -2.97. The smallest absolute Gasteiger partial charge is 0.368 e. The van der Waals surface area contributed by atoms with E-state index in [9.17, 15) is 27.2 Å². The minimum absolute atomic E-state index is 0.0245. The quantitative estimate of drug-likeness (QED) is 0.561. The maximum absolute atomic E-state index is 14.0. The number of fused-ring (bicyclic) bond motifs is 1. The normalized spacial score (nSPS) is 18.8. The molecule has 5 rings (SSSR count). The van der Waals surface area contributed by atoms with Crippen LogP contribution < -0.4 is 5.73 Å². The number of aromatic nitrogens is 4. The van der Waals surface area contributed by atoms with E-state index in [1.807, 2.05) is 0 Å². The Labute approximate surface area is 196 Å². The van der Waals surface area contributed by atoms with Gasteiger partial charge in [-0.3, -0.25) is 14.3 Å². The number of nitrogen functional groups attached to an aromatic ring is 1. The Morgan fingerprint density at radius 1 is 1.17 bits per heavy atom. The lowest BCUT2D eigenvalue weighted by atomic mass is 9.93. The lowest BCUT2D eigenvalue weighted by Gasteiger charge is -2.38. The molecule has 0 spiro atoms. The summed E-state index contributed by atoms with van der Waals surface area (Å²) in [7, 11) is 0. The van der Waals surface area contributed by atoms with E-state index in [0.29, 0.717) is 16.6 Å². The third-order valence-electron chi connectivity index (χ3n) is 6.43. The fourth-order valence-electron chi connectivity index (χ4n) is 4.70. The molecule has 1 atom stereocenters. The van der Waals surface area contributed by atoms with Gasteiger partial charge in [-0.05, 0) is 37.1 Å². The van der Waals surface area contributed by atoms with Crippen LogP contribution in [-0.2, 0) is 11.3 Å². The van der Waals surface area contributed by atoms with Gasteiger partial charge in [-0.1, -0.05) is 0 Å². The van der Waals surface area contributed by atoms with Crippen molar-refractivity contribution >= 4 is 28.7 Å². The first-order chi connectivity index (χ1) is 16.6. The SMILES string of the molecule is Nc1nccc(C(=O)N2CC(c3nn(CC(=O)N4CCC[C@H]4C(F)(F)F)c4ccc(F)cc34)C2)n1. The van der Waals surface area contributed by atoms with Crippen molar-refractivity contribution in [2.75, 3.05) is 25.4 Å². The van der Waals surface area contributed by atoms with E-state index in [4.69, 9.17) is 5.73 Å². The van der Waals surface area contributed by atoms with Gasteiger partial charge < -0.3 is 15.5 Å². The van der Waals surface area contributed by atoms with E-state index in [2.05, 4.69) is 15.1 Å². The molecule has 2 N–H and O–H groups in total. The Hall–Kier alpha value is -3.77. The molecular formula is C22H21F4N7O2. The van der Waals surface area contributed by atoms with Gasteiger partial charge in [0.15, 0.2) is 0 Å². The summed E-state index contributed by atoms with van der Waals surface area (Å²) in [6.45, 7) is 0.185. The average Bonchev–Trinajstić information content (AvgIpc) is 3.38. The van der Waals surface area contributed by atoms with E-state index in [1.54, 1.807) is 0 Å². The van der Waals surface area contributed by atoms with Crippen molar-refractivity contribution in [1.82, 2.24) is 29.5 Å². The molecule has 13 heteroatoms.